The standard InChI is InChI=1S/C22H21F2N3O2/c23-15-6-5-7-16(24)22(15)19-14-25-21(29-19)11-10-20(28)26-17-8-1-2-9-18(17)27-12-3-4-13-27/h1-2,5-9,14H,3-4,10-13H2,(H,26,28). The molecule has 2 heterocycles. The Bertz CT molecular complexity index is 993. The number of hydrogen-bond donors (Lipinski definition) is 1. The number of para-hydroxylation sites is 2. The van der Waals surface area contributed by atoms with Crippen LogP contribution in [-0.2, 0) is 11.2 Å². The second-order valence-corrected chi connectivity index (χ2v) is 6.97. The van der Waals surface area contributed by atoms with E-state index in [2.05, 4.69) is 15.2 Å². The van der Waals surface area contributed by atoms with Gasteiger partial charge in [0.1, 0.15) is 11.6 Å². The van der Waals surface area contributed by atoms with E-state index in [1.54, 1.807) is 0 Å². The van der Waals surface area contributed by atoms with Crippen molar-refractivity contribution in [1.29, 1.82) is 0 Å². The molecule has 1 saturated heterocycles. The Morgan fingerprint density at radius 1 is 1.07 bits per heavy atom. The second-order valence-electron chi connectivity index (χ2n) is 6.97. The van der Waals surface area contributed by atoms with Crippen molar-refractivity contribution >= 4 is 17.3 Å². The maximum Gasteiger partial charge on any atom is 0.224 e. The van der Waals surface area contributed by atoms with Crippen LogP contribution >= 0.6 is 0 Å². The molecule has 0 saturated carbocycles. The van der Waals surface area contributed by atoms with Gasteiger partial charge in [0.2, 0.25) is 5.91 Å². The number of aryl methyl sites for hydroxylation is 1. The Hall–Kier alpha value is -3.22. The minimum absolute atomic E-state index is 0.00962. The van der Waals surface area contributed by atoms with Crippen LogP contribution < -0.4 is 10.2 Å². The van der Waals surface area contributed by atoms with E-state index in [-0.39, 0.29) is 36.0 Å². The fraction of sp³-hybridized carbons (Fsp3) is 0.273. The predicted octanol–water partition coefficient (Wildman–Crippen LogP) is 4.79. The summed E-state index contributed by atoms with van der Waals surface area (Å²) in [6.45, 7) is 1.97. The van der Waals surface area contributed by atoms with Crippen LogP contribution in [0.3, 0.4) is 0 Å². The molecule has 0 aliphatic carbocycles. The smallest absolute Gasteiger partial charge is 0.224 e. The van der Waals surface area contributed by atoms with Gasteiger partial charge in [-0.25, -0.2) is 13.8 Å². The number of aromatic nitrogens is 1. The number of carbonyl (C=O) groups is 1. The Kier molecular flexibility index (Phi) is 5.55. The highest BCUT2D eigenvalue weighted by atomic mass is 19.1. The first-order chi connectivity index (χ1) is 14.1. The van der Waals surface area contributed by atoms with Crippen LogP contribution in [0.15, 0.2) is 53.1 Å². The summed E-state index contributed by atoms with van der Waals surface area (Å²) in [6, 6.07) is 11.3. The molecule has 29 heavy (non-hydrogen) atoms. The molecule has 1 aliphatic heterocycles. The maximum atomic E-state index is 13.9. The molecule has 2 aromatic carbocycles. The number of nitrogens with one attached hydrogen (secondary N) is 1. The summed E-state index contributed by atoms with van der Waals surface area (Å²) in [5.41, 5.74) is 1.54. The molecule has 7 heteroatoms. The van der Waals surface area contributed by atoms with E-state index in [0.29, 0.717) is 0 Å². The summed E-state index contributed by atoms with van der Waals surface area (Å²) in [5, 5.41) is 2.94. The van der Waals surface area contributed by atoms with Crippen LogP contribution in [0.5, 0.6) is 0 Å². The molecular weight excluding hydrogens is 376 g/mol. The van der Waals surface area contributed by atoms with Crippen LogP contribution in [0.4, 0.5) is 20.2 Å². The van der Waals surface area contributed by atoms with Gasteiger partial charge in [0.05, 0.1) is 23.1 Å². The number of halogens is 2. The summed E-state index contributed by atoms with van der Waals surface area (Å²) < 4.78 is 33.2. The lowest BCUT2D eigenvalue weighted by Gasteiger charge is -2.21. The summed E-state index contributed by atoms with van der Waals surface area (Å²) in [6.07, 6.45) is 3.95. The normalized spacial score (nSPS) is 13.7. The molecule has 0 atom stereocenters. The summed E-state index contributed by atoms with van der Waals surface area (Å²) in [7, 11) is 0. The molecule has 0 spiro atoms. The summed E-state index contributed by atoms with van der Waals surface area (Å²) in [4.78, 5) is 18.7. The third-order valence-corrected chi connectivity index (χ3v) is 4.95. The van der Waals surface area contributed by atoms with E-state index in [0.717, 1.165) is 49.4 Å². The van der Waals surface area contributed by atoms with E-state index in [9.17, 15) is 13.6 Å². The Labute approximate surface area is 167 Å². The van der Waals surface area contributed by atoms with Crippen molar-refractivity contribution in [2.75, 3.05) is 23.3 Å². The van der Waals surface area contributed by atoms with Crippen LogP contribution in [-0.4, -0.2) is 24.0 Å². The molecule has 0 radical (unpaired) electrons. The van der Waals surface area contributed by atoms with Crippen molar-refractivity contribution in [2.24, 2.45) is 0 Å². The first-order valence-electron chi connectivity index (χ1n) is 9.65. The van der Waals surface area contributed by atoms with Crippen molar-refractivity contribution in [3.63, 3.8) is 0 Å². The Balaban J connectivity index is 1.39. The number of hydrogen-bond acceptors (Lipinski definition) is 4. The van der Waals surface area contributed by atoms with Gasteiger partial charge in [-0.15, -0.1) is 0 Å². The van der Waals surface area contributed by atoms with Crippen molar-refractivity contribution in [3.05, 3.63) is 66.2 Å². The van der Waals surface area contributed by atoms with Crippen molar-refractivity contribution in [1.82, 2.24) is 4.98 Å². The largest absolute Gasteiger partial charge is 0.441 e. The number of anilines is 2. The number of benzene rings is 2. The van der Waals surface area contributed by atoms with Gasteiger partial charge >= 0.3 is 0 Å². The summed E-state index contributed by atoms with van der Waals surface area (Å²) >= 11 is 0. The second kappa shape index (κ2) is 8.43. The Morgan fingerprint density at radius 3 is 2.55 bits per heavy atom. The summed E-state index contributed by atoms with van der Waals surface area (Å²) in [5.74, 6) is -1.34. The van der Waals surface area contributed by atoms with Gasteiger partial charge in [0, 0.05) is 25.9 Å². The first kappa shape index (κ1) is 19.1. The highest BCUT2D eigenvalue weighted by Crippen LogP contribution is 2.29. The molecule has 3 aromatic rings. The first-order valence-corrected chi connectivity index (χ1v) is 9.65. The highest BCUT2D eigenvalue weighted by molar-refractivity contribution is 5.94. The van der Waals surface area contributed by atoms with Crippen LogP contribution in [0.1, 0.15) is 25.2 Å². The number of rotatable bonds is 6. The molecule has 0 unspecified atom stereocenters. The molecule has 1 N–H and O–H groups in total. The lowest BCUT2D eigenvalue weighted by atomic mass is 10.1. The molecule has 5 nitrogen and oxygen atoms in total. The molecule has 1 amide bonds. The van der Waals surface area contributed by atoms with Gasteiger partial charge in [-0.05, 0) is 37.1 Å². The number of carbonyl (C=O) groups excluding carboxylic acids is 1. The molecule has 150 valence electrons. The molecule has 1 aromatic heterocycles. The van der Waals surface area contributed by atoms with Gasteiger partial charge < -0.3 is 14.6 Å². The van der Waals surface area contributed by atoms with Crippen molar-refractivity contribution in [2.45, 2.75) is 25.7 Å². The zero-order valence-electron chi connectivity index (χ0n) is 15.8. The predicted molar refractivity (Wildman–Crippen MR) is 107 cm³/mol. The average molecular weight is 397 g/mol. The zero-order valence-corrected chi connectivity index (χ0v) is 15.8. The SMILES string of the molecule is O=C(CCc1ncc(-c2c(F)cccc2F)o1)Nc1ccccc1N1CCCC1. The zero-order chi connectivity index (χ0) is 20.2. The fourth-order valence-electron chi connectivity index (χ4n) is 3.52. The number of oxazole rings is 1. The van der Waals surface area contributed by atoms with E-state index in [1.807, 2.05) is 24.3 Å². The average Bonchev–Trinajstić information content (AvgIpc) is 3.39. The molecular formula is C22H21F2N3O2. The number of amides is 1. The van der Waals surface area contributed by atoms with Crippen LogP contribution in [0.25, 0.3) is 11.3 Å². The van der Waals surface area contributed by atoms with Gasteiger partial charge in [-0.2, -0.15) is 0 Å². The number of nitrogens with zero attached hydrogens (tertiary/aromatic N) is 2. The van der Waals surface area contributed by atoms with Crippen molar-refractivity contribution < 1.29 is 18.0 Å². The molecule has 0 bridgehead atoms. The highest BCUT2D eigenvalue weighted by Gasteiger charge is 2.18. The molecule has 4 rings (SSSR count). The third-order valence-electron chi connectivity index (χ3n) is 4.95. The Morgan fingerprint density at radius 2 is 1.79 bits per heavy atom. The van der Waals surface area contributed by atoms with E-state index in [1.165, 1.54) is 12.3 Å². The molecule has 1 aliphatic rings. The van der Waals surface area contributed by atoms with Gasteiger partial charge in [0.15, 0.2) is 11.7 Å². The van der Waals surface area contributed by atoms with Crippen LogP contribution in [0.2, 0.25) is 0 Å². The monoisotopic (exact) mass is 397 g/mol. The van der Waals surface area contributed by atoms with Gasteiger partial charge in [-0.1, -0.05) is 18.2 Å². The van der Waals surface area contributed by atoms with Crippen LogP contribution in [0, 0.1) is 11.6 Å². The molecule has 1 fully saturated rings. The lowest BCUT2D eigenvalue weighted by molar-refractivity contribution is -0.116. The van der Waals surface area contributed by atoms with E-state index < -0.39 is 11.6 Å². The van der Waals surface area contributed by atoms with Gasteiger partial charge in [0.25, 0.3) is 0 Å². The van der Waals surface area contributed by atoms with E-state index >= 15 is 0 Å². The minimum Gasteiger partial charge on any atom is -0.441 e. The lowest BCUT2D eigenvalue weighted by Crippen LogP contribution is -2.21. The topological polar surface area (TPSA) is 58.4 Å². The minimum atomic E-state index is -0.719. The fourth-order valence-corrected chi connectivity index (χ4v) is 3.52. The third kappa shape index (κ3) is 4.29. The quantitative estimate of drug-likeness (QED) is 0.650. The van der Waals surface area contributed by atoms with E-state index in [4.69, 9.17) is 4.42 Å². The van der Waals surface area contributed by atoms with Gasteiger partial charge in [-0.3, -0.25) is 4.79 Å². The van der Waals surface area contributed by atoms with Crippen molar-refractivity contribution in [3.8, 4) is 11.3 Å². The maximum absolute atomic E-state index is 13.9.